The quantitative estimate of drug-likeness (QED) is 0.819. The summed E-state index contributed by atoms with van der Waals surface area (Å²) < 4.78 is 12.2. The molecule has 1 fully saturated rings. The van der Waals surface area contributed by atoms with Gasteiger partial charge in [0.2, 0.25) is 5.95 Å². The Morgan fingerprint density at radius 3 is 2.65 bits per heavy atom. The summed E-state index contributed by atoms with van der Waals surface area (Å²) in [6, 6.07) is 6.72. The Kier molecular flexibility index (Phi) is 5.13. The number of fused-ring (bicyclic) bond motifs is 1. The Morgan fingerprint density at radius 2 is 2.08 bits per heavy atom. The summed E-state index contributed by atoms with van der Waals surface area (Å²) in [7, 11) is 0. The van der Waals surface area contributed by atoms with E-state index in [4.69, 9.17) is 23.1 Å². The zero-order valence-electron chi connectivity index (χ0n) is 14.5. The molecule has 4 N–H and O–H groups in total. The second kappa shape index (κ2) is 7.33. The first-order valence-electron chi connectivity index (χ1n) is 8.43. The van der Waals surface area contributed by atoms with Crippen LogP contribution in [0.15, 0.2) is 36.7 Å². The molecule has 0 radical (unpaired) electrons. The molecule has 0 spiro atoms. The molecule has 1 aromatic heterocycles. The van der Waals surface area contributed by atoms with Gasteiger partial charge in [0.1, 0.15) is 0 Å². The average molecular weight is 374 g/mol. The summed E-state index contributed by atoms with van der Waals surface area (Å²) in [4.78, 5) is 9.08. The number of hydrogen-bond donors (Lipinski definition) is 2. The highest BCUT2D eigenvalue weighted by Gasteiger charge is 2.35. The lowest BCUT2D eigenvalue weighted by molar-refractivity contribution is 0.465. The molecule has 1 aromatic carbocycles. The van der Waals surface area contributed by atoms with Crippen LogP contribution in [-0.2, 0) is 0 Å². The summed E-state index contributed by atoms with van der Waals surface area (Å²) in [5.74, 6) is -0.888. The van der Waals surface area contributed by atoms with E-state index < -0.39 is 5.82 Å². The van der Waals surface area contributed by atoms with Crippen molar-refractivity contribution in [3.63, 3.8) is 0 Å². The summed E-state index contributed by atoms with van der Waals surface area (Å²) in [6.45, 7) is 6.46. The number of nitrogens with two attached hydrogens (primary N) is 2. The summed E-state index contributed by atoms with van der Waals surface area (Å²) in [5, 5.41) is 0.810. The van der Waals surface area contributed by atoms with Gasteiger partial charge in [-0.15, -0.1) is 0 Å². The van der Waals surface area contributed by atoms with Crippen molar-refractivity contribution in [1.29, 1.82) is 0 Å². The van der Waals surface area contributed by atoms with Gasteiger partial charge < -0.3 is 16.4 Å². The fourth-order valence-electron chi connectivity index (χ4n) is 2.96. The van der Waals surface area contributed by atoms with Gasteiger partial charge >= 0.3 is 0 Å². The third-order valence-corrected chi connectivity index (χ3v) is 4.64. The number of benzene rings is 1. The number of anilines is 2. The molecule has 1 aliphatic heterocycles. The standard InChI is InChI=1S/C15H16ClN.C4H5FN4/c1-3-12-9-11-5-4-6-14(16)15(11)10(2)17(12)13-7-8-13;5-2-1-8-4(7)9-3(2)6/h4-6,9,13H,2-3,7-8H2,1H3;1H,(H4,6,7,8,9). The predicted octanol–water partition coefficient (Wildman–Crippen LogP) is 4.32. The molecule has 5 nitrogen and oxygen atoms in total. The molecule has 0 atom stereocenters. The van der Waals surface area contributed by atoms with E-state index >= 15 is 0 Å². The maximum absolute atomic E-state index is 12.2. The van der Waals surface area contributed by atoms with Gasteiger partial charge in [0.25, 0.3) is 0 Å². The predicted molar refractivity (Wildman–Crippen MR) is 104 cm³/mol. The summed E-state index contributed by atoms with van der Waals surface area (Å²) in [5.41, 5.74) is 14.8. The third kappa shape index (κ3) is 3.65. The van der Waals surface area contributed by atoms with Crippen molar-refractivity contribution in [3.05, 3.63) is 58.6 Å². The number of nitrogens with zero attached hydrogens (tertiary/aromatic N) is 3. The maximum atomic E-state index is 12.2. The summed E-state index contributed by atoms with van der Waals surface area (Å²) >= 11 is 6.30. The number of hydrogen-bond acceptors (Lipinski definition) is 5. The molecule has 0 unspecified atom stereocenters. The Balaban J connectivity index is 0.000000185. The van der Waals surface area contributed by atoms with Crippen LogP contribution >= 0.6 is 11.6 Å². The molecular formula is C19H21ClFN5. The molecule has 2 heterocycles. The molecule has 0 amide bonds. The lowest BCUT2D eigenvalue weighted by Gasteiger charge is -2.34. The number of rotatable bonds is 2. The minimum atomic E-state index is -0.649. The van der Waals surface area contributed by atoms with Gasteiger partial charge in [-0.05, 0) is 37.0 Å². The van der Waals surface area contributed by atoms with Crippen LogP contribution in [0.1, 0.15) is 37.3 Å². The first kappa shape index (κ1) is 18.2. The highest BCUT2D eigenvalue weighted by Crippen LogP contribution is 2.43. The molecule has 2 aromatic rings. The molecule has 0 saturated heterocycles. The smallest absolute Gasteiger partial charge is 0.222 e. The van der Waals surface area contributed by atoms with Crippen molar-refractivity contribution < 1.29 is 4.39 Å². The molecule has 1 saturated carbocycles. The van der Waals surface area contributed by atoms with E-state index in [2.05, 4.69) is 40.5 Å². The van der Waals surface area contributed by atoms with Gasteiger partial charge in [-0.25, -0.2) is 9.37 Å². The second-order valence-corrected chi connectivity index (χ2v) is 6.61. The van der Waals surface area contributed by atoms with Crippen LogP contribution in [0.25, 0.3) is 11.8 Å². The molecule has 2 aliphatic rings. The number of nitrogen functional groups attached to an aromatic ring is 2. The molecule has 1 aliphatic carbocycles. The number of aromatic nitrogens is 2. The molecule has 136 valence electrons. The number of allylic oxidation sites excluding steroid dienone is 1. The van der Waals surface area contributed by atoms with Crippen molar-refractivity contribution in [1.82, 2.24) is 14.9 Å². The largest absolute Gasteiger partial charge is 0.381 e. The van der Waals surface area contributed by atoms with E-state index in [-0.39, 0.29) is 11.8 Å². The SMILES string of the molecule is C=C1c2c(Cl)cccc2C=C(CC)N1C1CC1.Nc1ncc(F)c(N)n1. The van der Waals surface area contributed by atoms with E-state index in [9.17, 15) is 4.39 Å². The van der Waals surface area contributed by atoms with Crippen molar-refractivity contribution in [3.8, 4) is 0 Å². The topological polar surface area (TPSA) is 81.1 Å². The van der Waals surface area contributed by atoms with Gasteiger partial charge in [-0.3, -0.25) is 0 Å². The van der Waals surface area contributed by atoms with E-state index in [1.807, 2.05) is 12.1 Å². The van der Waals surface area contributed by atoms with Crippen LogP contribution in [-0.4, -0.2) is 20.9 Å². The van der Waals surface area contributed by atoms with E-state index in [0.29, 0.717) is 6.04 Å². The Hall–Kier alpha value is -2.60. The lowest BCUT2D eigenvalue weighted by Crippen LogP contribution is -2.26. The Labute approximate surface area is 157 Å². The maximum Gasteiger partial charge on any atom is 0.222 e. The van der Waals surface area contributed by atoms with Crippen LogP contribution in [0, 0.1) is 5.82 Å². The van der Waals surface area contributed by atoms with Gasteiger partial charge in [-0.2, -0.15) is 4.98 Å². The average Bonchev–Trinajstić information content (AvgIpc) is 3.43. The van der Waals surface area contributed by atoms with Crippen LogP contribution in [0.5, 0.6) is 0 Å². The zero-order valence-corrected chi connectivity index (χ0v) is 15.3. The lowest BCUT2D eigenvalue weighted by atomic mass is 9.97. The Morgan fingerprint density at radius 1 is 1.35 bits per heavy atom. The molecule has 26 heavy (non-hydrogen) atoms. The second-order valence-electron chi connectivity index (χ2n) is 6.20. The van der Waals surface area contributed by atoms with E-state index in [1.54, 1.807) is 0 Å². The van der Waals surface area contributed by atoms with Crippen LogP contribution < -0.4 is 11.5 Å². The van der Waals surface area contributed by atoms with Crippen molar-refractivity contribution in [2.24, 2.45) is 0 Å². The molecular weight excluding hydrogens is 353 g/mol. The highest BCUT2D eigenvalue weighted by atomic mass is 35.5. The molecule has 0 bridgehead atoms. The van der Waals surface area contributed by atoms with Gasteiger partial charge in [0, 0.05) is 23.0 Å². The normalized spacial score (nSPS) is 15.7. The van der Waals surface area contributed by atoms with E-state index in [1.165, 1.54) is 24.1 Å². The van der Waals surface area contributed by atoms with Crippen molar-refractivity contribution in [2.45, 2.75) is 32.2 Å². The van der Waals surface area contributed by atoms with E-state index in [0.717, 1.165) is 28.9 Å². The molecule has 7 heteroatoms. The van der Waals surface area contributed by atoms with Crippen LogP contribution in [0.3, 0.4) is 0 Å². The van der Waals surface area contributed by atoms with Crippen molar-refractivity contribution >= 4 is 35.1 Å². The first-order valence-corrected chi connectivity index (χ1v) is 8.81. The number of halogens is 2. The minimum Gasteiger partial charge on any atom is -0.381 e. The first-order chi connectivity index (χ1) is 12.4. The van der Waals surface area contributed by atoms with Gasteiger partial charge in [0.05, 0.1) is 11.2 Å². The zero-order chi connectivity index (χ0) is 18.8. The summed E-state index contributed by atoms with van der Waals surface area (Å²) in [6.07, 6.45) is 6.78. The third-order valence-electron chi connectivity index (χ3n) is 4.32. The minimum absolute atomic E-state index is 0.0195. The van der Waals surface area contributed by atoms with Crippen LogP contribution in [0.2, 0.25) is 5.02 Å². The van der Waals surface area contributed by atoms with Crippen LogP contribution in [0.4, 0.5) is 16.2 Å². The fraction of sp³-hybridized carbons (Fsp3) is 0.263. The highest BCUT2D eigenvalue weighted by molar-refractivity contribution is 6.32. The van der Waals surface area contributed by atoms with Gasteiger partial charge in [0.15, 0.2) is 11.6 Å². The van der Waals surface area contributed by atoms with Crippen molar-refractivity contribution in [2.75, 3.05) is 11.5 Å². The monoisotopic (exact) mass is 373 g/mol. The molecule has 4 rings (SSSR count). The fourth-order valence-corrected chi connectivity index (χ4v) is 3.25. The Bertz CT molecular complexity index is 876. The van der Waals surface area contributed by atoms with Gasteiger partial charge in [-0.1, -0.05) is 37.2 Å².